The Balaban J connectivity index is 4.22. The number of hydrogen-bond donors (Lipinski definition) is 0. The first-order valence-corrected chi connectivity index (χ1v) is 7.12. The fourth-order valence-electron chi connectivity index (χ4n) is 0.811. The summed E-state index contributed by atoms with van der Waals surface area (Å²) in [4.78, 5) is 11.6. The van der Waals surface area contributed by atoms with E-state index < -0.39 is 7.26 Å². The Labute approximate surface area is 76.0 Å². The van der Waals surface area contributed by atoms with Crippen LogP contribution in [0.5, 0.6) is 0 Å². The molecule has 0 heterocycles. The van der Waals surface area contributed by atoms with E-state index in [2.05, 4.69) is 20.5 Å². The average molecular weight is 191 g/mol. The van der Waals surface area contributed by atoms with Crippen molar-refractivity contribution in [3.05, 3.63) is 0 Å². The maximum atomic E-state index is 11.6. The molecule has 0 aliphatic rings. The van der Waals surface area contributed by atoms with E-state index in [4.69, 9.17) is 4.74 Å². The summed E-state index contributed by atoms with van der Waals surface area (Å²) in [6, 6.07) is 0. The van der Waals surface area contributed by atoms with Gasteiger partial charge < -0.3 is 4.74 Å². The zero-order valence-corrected chi connectivity index (χ0v) is 9.65. The molecule has 0 N–H and O–H groups in total. The minimum absolute atomic E-state index is 0.0231. The van der Waals surface area contributed by atoms with Crippen LogP contribution in [0.1, 0.15) is 27.7 Å². The highest BCUT2D eigenvalue weighted by Crippen LogP contribution is 2.56. The predicted octanol–water partition coefficient (Wildman–Crippen LogP) is 3.22. The molecule has 12 heavy (non-hydrogen) atoms. The van der Waals surface area contributed by atoms with Gasteiger partial charge in [-0.05, 0) is 27.7 Å². The monoisotopic (exact) mass is 191 g/mol. The molecule has 0 bridgehead atoms. The third kappa shape index (κ3) is 3.10. The molecule has 0 spiro atoms. The molecular weight excluding hydrogens is 171 g/mol. The molecule has 0 radical (unpaired) electrons. The molecule has 0 aromatic rings. The van der Waals surface area contributed by atoms with E-state index in [-0.39, 0.29) is 11.8 Å². The van der Waals surface area contributed by atoms with Crippen molar-refractivity contribution >= 4 is 13.0 Å². The van der Waals surface area contributed by atoms with Gasteiger partial charge in [-0.15, -0.1) is 0 Å². The highest BCUT2D eigenvalue weighted by molar-refractivity contribution is 7.89. The highest BCUT2D eigenvalue weighted by Gasteiger charge is 2.39. The van der Waals surface area contributed by atoms with Gasteiger partial charge in [-0.2, -0.15) is 0 Å². The molecule has 0 aromatic heterocycles. The topological polar surface area (TPSA) is 26.3 Å². The first-order valence-electron chi connectivity index (χ1n) is 4.52. The summed E-state index contributed by atoms with van der Waals surface area (Å²) in [5.74, 6) is 0. The highest BCUT2D eigenvalue weighted by atomic mass is 31.2. The molecule has 0 aliphatic heterocycles. The van der Waals surface area contributed by atoms with Crippen LogP contribution in [0.25, 0.3) is 0 Å². The fourth-order valence-corrected chi connectivity index (χ4v) is 2.24. The Bertz CT molecular complexity index is 151. The summed E-state index contributed by atoms with van der Waals surface area (Å²) in [5.41, 5.74) is 0.0440. The Morgan fingerprint density at radius 1 is 1.33 bits per heavy atom. The Hall–Kier alpha value is -0.100. The second-order valence-corrected chi connectivity index (χ2v) is 7.88. The van der Waals surface area contributed by atoms with Crippen molar-refractivity contribution in [3.8, 4) is 0 Å². The Morgan fingerprint density at radius 3 is 2.00 bits per heavy atom. The Morgan fingerprint density at radius 2 is 1.75 bits per heavy atom. The first-order chi connectivity index (χ1) is 5.46. The molecule has 2 nitrogen and oxygen atoms in total. The lowest BCUT2D eigenvalue weighted by atomic mass is 10.5. The van der Waals surface area contributed by atoms with Gasteiger partial charge in [-0.1, -0.05) is 0 Å². The zero-order valence-electron chi connectivity index (χ0n) is 8.76. The van der Waals surface area contributed by atoms with Crippen molar-refractivity contribution in [3.63, 3.8) is 0 Å². The number of hydrogen-bond acceptors (Lipinski definition) is 2. The van der Waals surface area contributed by atoms with E-state index in [1.165, 1.54) is 0 Å². The van der Waals surface area contributed by atoms with Crippen molar-refractivity contribution < 1.29 is 9.53 Å². The number of carbonyl (C=O) groups excluding carboxylic acids is 1. The second-order valence-electron chi connectivity index (χ2n) is 3.46. The standard InChI is InChI=1S/C9H20O2P/c1-6-12(5,7-2)9(10)11-8(3)4/h8H,6-7H2,1-5H3/q+1. The van der Waals surface area contributed by atoms with E-state index in [0.717, 1.165) is 12.3 Å². The molecule has 0 rings (SSSR count). The third-order valence-corrected chi connectivity index (χ3v) is 5.95. The molecule has 0 aliphatic carbocycles. The van der Waals surface area contributed by atoms with Crippen LogP contribution in [0.2, 0.25) is 0 Å². The van der Waals surface area contributed by atoms with Crippen LogP contribution in [0.15, 0.2) is 0 Å². The van der Waals surface area contributed by atoms with Crippen LogP contribution in [0.4, 0.5) is 4.79 Å². The van der Waals surface area contributed by atoms with E-state index >= 15 is 0 Å². The SMILES string of the molecule is CC[P+](C)(CC)C(=O)OC(C)C. The van der Waals surface area contributed by atoms with Gasteiger partial charge in [0.25, 0.3) is 0 Å². The van der Waals surface area contributed by atoms with Crippen LogP contribution < -0.4 is 0 Å². The molecule has 0 saturated carbocycles. The van der Waals surface area contributed by atoms with Gasteiger partial charge in [0, 0.05) is 0 Å². The minimum atomic E-state index is -1.44. The summed E-state index contributed by atoms with van der Waals surface area (Å²) < 4.78 is 5.21. The Kier molecular flexibility index (Phi) is 4.77. The van der Waals surface area contributed by atoms with Crippen molar-refractivity contribution in [2.45, 2.75) is 33.8 Å². The summed E-state index contributed by atoms with van der Waals surface area (Å²) in [6.07, 6.45) is 1.93. The minimum Gasteiger partial charge on any atom is -0.434 e. The second kappa shape index (κ2) is 4.81. The van der Waals surface area contributed by atoms with Crippen LogP contribution in [-0.2, 0) is 4.74 Å². The molecule has 0 fully saturated rings. The quantitative estimate of drug-likeness (QED) is 0.638. The largest absolute Gasteiger partial charge is 0.450 e. The lowest BCUT2D eigenvalue weighted by Gasteiger charge is -2.17. The zero-order chi connectivity index (χ0) is 9.78. The van der Waals surface area contributed by atoms with Gasteiger partial charge in [-0.25, -0.2) is 4.79 Å². The van der Waals surface area contributed by atoms with Crippen molar-refractivity contribution in [2.75, 3.05) is 19.0 Å². The van der Waals surface area contributed by atoms with Crippen LogP contribution in [0.3, 0.4) is 0 Å². The first kappa shape index (κ1) is 11.9. The molecule has 0 aromatic carbocycles. The van der Waals surface area contributed by atoms with Gasteiger partial charge in [0.2, 0.25) is 0 Å². The number of ether oxygens (including phenoxy) is 1. The average Bonchev–Trinajstić information content (AvgIpc) is 2.02. The van der Waals surface area contributed by atoms with Crippen molar-refractivity contribution in [1.82, 2.24) is 0 Å². The molecule has 0 unspecified atom stereocenters. The smallest absolute Gasteiger partial charge is 0.434 e. The lowest BCUT2D eigenvalue weighted by Crippen LogP contribution is -2.16. The molecular formula is C9H20O2P+. The van der Waals surface area contributed by atoms with E-state index in [1.54, 1.807) is 0 Å². The normalized spacial score (nSPS) is 11.8. The molecule has 0 amide bonds. The summed E-state index contributed by atoms with van der Waals surface area (Å²) >= 11 is 0. The molecule has 0 atom stereocenters. The van der Waals surface area contributed by atoms with E-state index in [1.807, 2.05) is 13.8 Å². The van der Waals surface area contributed by atoms with Crippen molar-refractivity contribution in [2.24, 2.45) is 0 Å². The van der Waals surface area contributed by atoms with E-state index in [9.17, 15) is 4.79 Å². The van der Waals surface area contributed by atoms with Crippen molar-refractivity contribution in [1.29, 1.82) is 0 Å². The predicted molar refractivity (Wildman–Crippen MR) is 55.5 cm³/mol. The lowest BCUT2D eigenvalue weighted by molar-refractivity contribution is 0.141. The maximum Gasteiger partial charge on any atom is 0.450 e. The van der Waals surface area contributed by atoms with E-state index in [0.29, 0.717) is 0 Å². The third-order valence-electron chi connectivity index (χ3n) is 2.17. The van der Waals surface area contributed by atoms with Crippen LogP contribution in [0, 0.1) is 0 Å². The van der Waals surface area contributed by atoms with Gasteiger partial charge in [0.15, 0.2) is 0 Å². The fraction of sp³-hybridized carbons (Fsp3) is 0.889. The molecule has 3 heteroatoms. The van der Waals surface area contributed by atoms with Gasteiger partial charge in [0.05, 0.1) is 25.1 Å². The maximum absolute atomic E-state index is 11.6. The molecule has 0 saturated heterocycles. The summed E-state index contributed by atoms with van der Waals surface area (Å²) in [5, 5.41) is 0. The van der Waals surface area contributed by atoms with Gasteiger partial charge in [0.1, 0.15) is 7.26 Å². The van der Waals surface area contributed by atoms with Gasteiger partial charge in [-0.3, -0.25) is 0 Å². The van der Waals surface area contributed by atoms with Crippen LogP contribution >= 0.6 is 7.26 Å². The van der Waals surface area contributed by atoms with Crippen LogP contribution in [-0.4, -0.2) is 30.8 Å². The van der Waals surface area contributed by atoms with Gasteiger partial charge >= 0.3 is 5.71 Å². The number of rotatable bonds is 4. The summed E-state index contributed by atoms with van der Waals surface area (Å²) in [7, 11) is -1.44. The molecule has 72 valence electrons. The number of carbonyl (C=O) groups is 1. The summed E-state index contributed by atoms with van der Waals surface area (Å²) in [6.45, 7) is 10.00.